The van der Waals surface area contributed by atoms with E-state index in [9.17, 15) is 8.42 Å². The zero-order valence-electron chi connectivity index (χ0n) is 10.6. The molecule has 0 bridgehead atoms. The second-order valence-electron chi connectivity index (χ2n) is 4.03. The molecule has 0 aliphatic rings. The van der Waals surface area contributed by atoms with E-state index in [1.807, 2.05) is 13.8 Å². The fraction of sp³-hybridized carbons (Fsp3) is 0.385. The lowest BCUT2D eigenvalue weighted by molar-refractivity contribution is 0.537. The fourth-order valence-corrected chi connectivity index (χ4v) is 2.81. The Morgan fingerprint density at radius 1 is 1.22 bits per heavy atom. The first-order valence-corrected chi connectivity index (χ1v) is 7.85. The summed E-state index contributed by atoms with van der Waals surface area (Å²) in [5.41, 5.74) is 0.800. The standard InChI is InChI=1S/C13H18ClNO2S/c1-3-13(4-2)15-18(16,17)10-9-11-5-7-12(14)8-6-11/h5-10,13,15H,3-4H2,1-2H3/b10-9-. The van der Waals surface area contributed by atoms with Crippen molar-refractivity contribution in [3.63, 3.8) is 0 Å². The van der Waals surface area contributed by atoms with Crippen LogP contribution in [0.3, 0.4) is 0 Å². The van der Waals surface area contributed by atoms with Crippen LogP contribution in [0.1, 0.15) is 32.3 Å². The summed E-state index contributed by atoms with van der Waals surface area (Å²) in [5, 5.41) is 1.82. The van der Waals surface area contributed by atoms with Gasteiger partial charge in [0.2, 0.25) is 10.0 Å². The summed E-state index contributed by atoms with van der Waals surface area (Å²) >= 11 is 5.75. The lowest BCUT2D eigenvalue weighted by Gasteiger charge is -2.12. The molecule has 0 heterocycles. The Morgan fingerprint density at radius 3 is 2.28 bits per heavy atom. The lowest BCUT2D eigenvalue weighted by Crippen LogP contribution is -2.32. The molecule has 0 saturated carbocycles. The molecule has 1 aromatic rings. The van der Waals surface area contributed by atoms with Crippen molar-refractivity contribution in [2.45, 2.75) is 32.7 Å². The Morgan fingerprint density at radius 2 is 1.78 bits per heavy atom. The second-order valence-corrected chi connectivity index (χ2v) is 6.06. The minimum absolute atomic E-state index is 0.00938. The summed E-state index contributed by atoms with van der Waals surface area (Å²) < 4.78 is 26.2. The normalized spacial score (nSPS) is 12.4. The number of halogens is 1. The average Bonchev–Trinajstić information content (AvgIpc) is 2.35. The van der Waals surface area contributed by atoms with Gasteiger partial charge in [-0.2, -0.15) is 0 Å². The first-order valence-electron chi connectivity index (χ1n) is 5.92. The first kappa shape index (κ1) is 15.2. The van der Waals surface area contributed by atoms with E-state index in [1.165, 1.54) is 5.41 Å². The summed E-state index contributed by atoms with van der Waals surface area (Å²) in [6, 6.07) is 6.98. The second kappa shape index (κ2) is 6.92. The predicted molar refractivity (Wildman–Crippen MR) is 76.9 cm³/mol. The molecular weight excluding hydrogens is 270 g/mol. The number of benzene rings is 1. The highest BCUT2D eigenvalue weighted by Crippen LogP contribution is 2.11. The predicted octanol–water partition coefficient (Wildman–Crippen LogP) is 3.42. The number of hydrogen-bond donors (Lipinski definition) is 1. The molecule has 0 unspecified atom stereocenters. The number of nitrogens with one attached hydrogen (secondary N) is 1. The van der Waals surface area contributed by atoms with Crippen molar-refractivity contribution in [1.29, 1.82) is 0 Å². The average molecular weight is 288 g/mol. The van der Waals surface area contributed by atoms with Crippen LogP contribution < -0.4 is 4.72 Å². The third-order valence-corrected chi connectivity index (χ3v) is 4.03. The lowest BCUT2D eigenvalue weighted by atomic mass is 10.2. The Labute approximate surface area is 114 Å². The Balaban J connectivity index is 2.73. The highest BCUT2D eigenvalue weighted by Gasteiger charge is 2.11. The quantitative estimate of drug-likeness (QED) is 0.871. The van der Waals surface area contributed by atoms with Gasteiger partial charge < -0.3 is 0 Å². The van der Waals surface area contributed by atoms with E-state index in [-0.39, 0.29) is 6.04 Å². The van der Waals surface area contributed by atoms with Gasteiger partial charge in [-0.3, -0.25) is 0 Å². The highest BCUT2D eigenvalue weighted by molar-refractivity contribution is 7.92. The first-order chi connectivity index (χ1) is 8.46. The molecule has 0 fully saturated rings. The van der Waals surface area contributed by atoms with Gasteiger partial charge >= 0.3 is 0 Å². The van der Waals surface area contributed by atoms with Gasteiger partial charge in [0.15, 0.2) is 0 Å². The van der Waals surface area contributed by atoms with Gasteiger partial charge in [0.1, 0.15) is 0 Å². The third-order valence-electron chi connectivity index (χ3n) is 2.63. The van der Waals surface area contributed by atoms with Crippen LogP contribution in [0.25, 0.3) is 6.08 Å². The van der Waals surface area contributed by atoms with Crippen LogP contribution in [-0.2, 0) is 10.0 Å². The van der Waals surface area contributed by atoms with Crippen LogP contribution in [0, 0.1) is 0 Å². The van der Waals surface area contributed by atoms with Crippen molar-refractivity contribution in [2.24, 2.45) is 0 Å². The van der Waals surface area contributed by atoms with Gasteiger partial charge in [-0.05, 0) is 36.6 Å². The van der Waals surface area contributed by atoms with E-state index in [0.717, 1.165) is 18.4 Å². The van der Waals surface area contributed by atoms with Gasteiger partial charge in [-0.25, -0.2) is 13.1 Å². The fourth-order valence-electron chi connectivity index (χ4n) is 1.47. The van der Waals surface area contributed by atoms with Gasteiger partial charge in [-0.15, -0.1) is 0 Å². The molecule has 5 heteroatoms. The van der Waals surface area contributed by atoms with Crippen molar-refractivity contribution >= 4 is 27.7 Å². The molecule has 0 saturated heterocycles. The molecule has 1 rings (SSSR count). The van der Waals surface area contributed by atoms with Crippen LogP contribution in [0.15, 0.2) is 29.7 Å². The molecule has 0 radical (unpaired) electrons. The molecule has 0 atom stereocenters. The molecule has 18 heavy (non-hydrogen) atoms. The molecule has 3 nitrogen and oxygen atoms in total. The van der Waals surface area contributed by atoms with E-state index in [1.54, 1.807) is 30.3 Å². The van der Waals surface area contributed by atoms with Gasteiger partial charge in [0, 0.05) is 16.5 Å². The topological polar surface area (TPSA) is 46.2 Å². The molecule has 100 valence electrons. The van der Waals surface area contributed by atoms with Crippen molar-refractivity contribution in [3.8, 4) is 0 Å². The Hall–Kier alpha value is -0.840. The largest absolute Gasteiger partial charge is 0.233 e. The van der Waals surface area contributed by atoms with E-state index >= 15 is 0 Å². The summed E-state index contributed by atoms with van der Waals surface area (Å²) in [4.78, 5) is 0. The van der Waals surface area contributed by atoms with Gasteiger partial charge in [0.05, 0.1) is 0 Å². The van der Waals surface area contributed by atoms with Crippen molar-refractivity contribution in [3.05, 3.63) is 40.3 Å². The van der Waals surface area contributed by atoms with Crippen molar-refractivity contribution in [1.82, 2.24) is 4.72 Å². The molecule has 0 aliphatic carbocycles. The molecule has 0 aliphatic heterocycles. The van der Waals surface area contributed by atoms with Crippen molar-refractivity contribution < 1.29 is 8.42 Å². The summed E-state index contributed by atoms with van der Waals surface area (Å²) in [7, 11) is -3.38. The number of hydrogen-bond acceptors (Lipinski definition) is 2. The monoisotopic (exact) mass is 287 g/mol. The maximum atomic E-state index is 11.8. The summed E-state index contributed by atoms with van der Waals surface area (Å²) in [6.45, 7) is 3.92. The molecule has 0 spiro atoms. The van der Waals surface area contributed by atoms with E-state index in [2.05, 4.69) is 4.72 Å². The molecule has 1 N–H and O–H groups in total. The highest BCUT2D eigenvalue weighted by atomic mass is 35.5. The maximum Gasteiger partial charge on any atom is 0.233 e. The van der Waals surface area contributed by atoms with Crippen molar-refractivity contribution in [2.75, 3.05) is 0 Å². The van der Waals surface area contributed by atoms with Crippen LogP contribution in [0.5, 0.6) is 0 Å². The smallest absolute Gasteiger partial charge is 0.209 e. The van der Waals surface area contributed by atoms with Crippen LogP contribution >= 0.6 is 11.6 Å². The van der Waals surface area contributed by atoms with Gasteiger partial charge in [-0.1, -0.05) is 37.6 Å². The summed E-state index contributed by atoms with van der Waals surface area (Å²) in [5.74, 6) is 0. The minimum atomic E-state index is -3.38. The molecule has 0 amide bonds. The molecular formula is C13H18ClNO2S. The zero-order chi connectivity index (χ0) is 13.6. The zero-order valence-corrected chi connectivity index (χ0v) is 12.1. The van der Waals surface area contributed by atoms with E-state index in [0.29, 0.717) is 5.02 Å². The van der Waals surface area contributed by atoms with Crippen LogP contribution in [0.2, 0.25) is 5.02 Å². The SMILES string of the molecule is CCC(CC)NS(=O)(=O)/C=C\c1ccc(Cl)cc1. The molecule has 0 aromatic heterocycles. The third kappa shape index (κ3) is 5.21. The van der Waals surface area contributed by atoms with Crippen LogP contribution in [-0.4, -0.2) is 14.5 Å². The number of sulfonamides is 1. The van der Waals surface area contributed by atoms with E-state index in [4.69, 9.17) is 11.6 Å². The van der Waals surface area contributed by atoms with Gasteiger partial charge in [0.25, 0.3) is 0 Å². The minimum Gasteiger partial charge on any atom is -0.209 e. The van der Waals surface area contributed by atoms with Crippen LogP contribution in [0.4, 0.5) is 0 Å². The van der Waals surface area contributed by atoms with E-state index < -0.39 is 10.0 Å². The Bertz CT molecular complexity index is 490. The Kier molecular flexibility index (Phi) is 5.85. The number of rotatable bonds is 6. The summed E-state index contributed by atoms with van der Waals surface area (Å²) in [6.07, 6.45) is 3.12. The maximum absolute atomic E-state index is 11.8. The molecule has 1 aromatic carbocycles.